The second-order valence-electron chi connectivity index (χ2n) is 5.56. The quantitative estimate of drug-likeness (QED) is 0.752. The number of likely N-dealkylation sites (N-methyl/N-ethyl adjacent to an activating group) is 1. The zero-order valence-electron chi connectivity index (χ0n) is 10.8. The lowest BCUT2D eigenvalue weighted by molar-refractivity contribution is -0.124. The summed E-state index contributed by atoms with van der Waals surface area (Å²) in [6.45, 7) is 7.51. The van der Waals surface area contributed by atoms with Crippen LogP contribution in [0.25, 0.3) is 0 Å². The van der Waals surface area contributed by atoms with Crippen LogP contribution < -0.4 is 0 Å². The molecule has 0 aromatic heterocycles. The molecule has 0 aromatic rings. The van der Waals surface area contributed by atoms with E-state index in [1.165, 1.54) is 12.8 Å². The molecule has 0 unspecified atom stereocenters. The molecule has 94 valence electrons. The lowest BCUT2D eigenvalue weighted by Crippen LogP contribution is -2.42. The molecule has 0 amide bonds. The molecule has 0 heterocycles. The summed E-state index contributed by atoms with van der Waals surface area (Å²) in [7, 11) is 0. The molecule has 1 fully saturated rings. The number of aliphatic hydroxyl groups is 1. The maximum absolute atomic E-state index is 12.0. The Bertz CT molecular complexity index is 227. The van der Waals surface area contributed by atoms with Crippen LogP contribution in [0.5, 0.6) is 0 Å². The first-order valence-corrected chi connectivity index (χ1v) is 6.40. The van der Waals surface area contributed by atoms with E-state index in [1.807, 2.05) is 11.8 Å². The summed E-state index contributed by atoms with van der Waals surface area (Å²) in [5.41, 5.74) is -0.716. The van der Waals surface area contributed by atoms with Crippen molar-refractivity contribution in [2.75, 3.05) is 19.6 Å². The molecule has 1 N–H and O–H groups in total. The average Bonchev–Trinajstić information content (AvgIpc) is 2.67. The SMILES string of the molecule is CCN(CC(=O)C1CCCC1)CC(C)(C)O. The first-order chi connectivity index (χ1) is 7.42. The van der Waals surface area contributed by atoms with Crippen molar-refractivity contribution in [2.24, 2.45) is 5.92 Å². The van der Waals surface area contributed by atoms with Gasteiger partial charge in [-0.15, -0.1) is 0 Å². The van der Waals surface area contributed by atoms with Crippen LogP contribution in [0, 0.1) is 5.92 Å². The third kappa shape index (κ3) is 4.62. The predicted molar refractivity (Wildman–Crippen MR) is 65.4 cm³/mol. The van der Waals surface area contributed by atoms with Crippen molar-refractivity contribution in [3.05, 3.63) is 0 Å². The van der Waals surface area contributed by atoms with E-state index >= 15 is 0 Å². The Hall–Kier alpha value is -0.410. The van der Waals surface area contributed by atoms with Crippen LogP contribution in [0.4, 0.5) is 0 Å². The van der Waals surface area contributed by atoms with Crippen molar-refractivity contribution in [1.29, 1.82) is 0 Å². The van der Waals surface area contributed by atoms with E-state index in [4.69, 9.17) is 0 Å². The van der Waals surface area contributed by atoms with Gasteiger partial charge in [-0.1, -0.05) is 19.8 Å². The van der Waals surface area contributed by atoms with E-state index in [0.717, 1.165) is 19.4 Å². The second kappa shape index (κ2) is 5.78. The number of hydrogen-bond acceptors (Lipinski definition) is 3. The highest BCUT2D eigenvalue weighted by molar-refractivity contribution is 5.83. The largest absolute Gasteiger partial charge is 0.389 e. The molecule has 1 saturated carbocycles. The standard InChI is InChI=1S/C13H25NO2/c1-4-14(10-13(2,3)16)9-12(15)11-7-5-6-8-11/h11,16H,4-10H2,1-3H3. The molecule has 16 heavy (non-hydrogen) atoms. The summed E-state index contributed by atoms with van der Waals surface area (Å²) in [4.78, 5) is 14.0. The van der Waals surface area contributed by atoms with E-state index in [1.54, 1.807) is 13.8 Å². The Morgan fingerprint density at radius 2 is 1.94 bits per heavy atom. The van der Waals surface area contributed by atoms with Crippen LogP contribution in [0.15, 0.2) is 0 Å². The van der Waals surface area contributed by atoms with Gasteiger partial charge in [-0.2, -0.15) is 0 Å². The zero-order valence-corrected chi connectivity index (χ0v) is 10.8. The number of hydrogen-bond donors (Lipinski definition) is 1. The molecule has 1 aliphatic carbocycles. The normalized spacial score (nSPS) is 18.3. The van der Waals surface area contributed by atoms with Gasteiger partial charge in [-0.3, -0.25) is 9.69 Å². The summed E-state index contributed by atoms with van der Waals surface area (Å²) in [6.07, 6.45) is 4.54. The van der Waals surface area contributed by atoms with Gasteiger partial charge in [0.2, 0.25) is 0 Å². The fourth-order valence-corrected chi connectivity index (χ4v) is 2.42. The third-order valence-corrected chi connectivity index (χ3v) is 3.25. The van der Waals surface area contributed by atoms with Gasteiger partial charge >= 0.3 is 0 Å². The van der Waals surface area contributed by atoms with E-state index < -0.39 is 5.60 Å². The van der Waals surface area contributed by atoms with Crippen molar-refractivity contribution in [1.82, 2.24) is 4.90 Å². The summed E-state index contributed by atoms with van der Waals surface area (Å²) >= 11 is 0. The minimum absolute atomic E-state index is 0.288. The van der Waals surface area contributed by atoms with Gasteiger partial charge in [0.05, 0.1) is 12.1 Å². The maximum atomic E-state index is 12.0. The highest BCUT2D eigenvalue weighted by Crippen LogP contribution is 2.25. The summed E-state index contributed by atoms with van der Waals surface area (Å²) in [6, 6.07) is 0. The molecule has 0 aromatic carbocycles. The lowest BCUT2D eigenvalue weighted by atomic mass is 10.0. The van der Waals surface area contributed by atoms with Crippen molar-refractivity contribution >= 4 is 5.78 Å². The Morgan fingerprint density at radius 1 is 1.38 bits per heavy atom. The van der Waals surface area contributed by atoms with Gasteiger partial charge < -0.3 is 5.11 Å². The average molecular weight is 227 g/mol. The monoisotopic (exact) mass is 227 g/mol. The predicted octanol–water partition coefficient (Wildman–Crippen LogP) is 1.84. The van der Waals surface area contributed by atoms with E-state index in [2.05, 4.69) is 0 Å². The number of nitrogens with zero attached hydrogens (tertiary/aromatic N) is 1. The highest BCUT2D eigenvalue weighted by Gasteiger charge is 2.25. The van der Waals surface area contributed by atoms with Crippen molar-refractivity contribution in [2.45, 2.75) is 52.1 Å². The maximum Gasteiger partial charge on any atom is 0.149 e. The molecule has 3 nitrogen and oxygen atoms in total. The molecule has 0 atom stereocenters. The van der Waals surface area contributed by atoms with Gasteiger partial charge in [0.1, 0.15) is 5.78 Å². The molecule has 0 saturated heterocycles. The van der Waals surface area contributed by atoms with Gasteiger partial charge in [0.25, 0.3) is 0 Å². The van der Waals surface area contributed by atoms with Crippen LogP contribution in [-0.2, 0) is 4.79 Å². The van der Waals surface area contributed by atoms with Crippen LogP contribution in [0.2, 0.25) is 0 Å². The van der Waals surface area contributed by atoms with Crippen LogP contribution in [0.1, 0.15) is 46.5 Å². The Kier molecular flexibility index (Phi) is 4.93. The minimum Gasteiger partial charge on any atom is -0.389 e. The number of Topliss-reactive ketones (excluding diaryl/α,β-unsaturated/α-hetero) is 1. The highest BCUT2D eigenvalue weighted by atomic mass is 16.3. The Labute approximate surface area is 98.8 Å². The van der Waals surface area contributed by atoms with Crippen LogP contribution in [0.3, 0.4) is 0 Å². The number of rotatable bonds is 6. The molecule has 3 heteroatoms. The van der Waals surface area contributed by atoms with Gasteiger partial charge in [0.15, 0.2) is 0 Å². The molecule has 0 bridgehead atoms. The summed E-state index contributed by atoms with van der Waals surface area (Å²) in [5, 5.41) is 9.74. The molecule has 1 aliphatic rings. The van der Waals surface area contributed by atoms with Gasteiger partial charge in [-0.25, -0.2) is 0 Å². The van der Waals surface area contributed by atoms with Gasteiger partial charge in [-0.05, 0) is 33.2 Å². The Morgan fingerprint density at radius 3 is 2.38 bits per heavy atom. The smallest absolute Gasteiger partial charge is 0.149 e. The minimum atomic E-state index is -0.716. The van der Waals surface area contributed by atoms with E-state index in [9.17, 15) is 9.90 Å². The van der Waals surface area contributed by atoms with Gasteiger partial charge in [0, 0.05) is 12.5 Å². The number of carbonyl (C=O) groups excluding carboxylic acids is 1. The molecular weight excluding hydrogens is 202 g/mol. The molecule has 0 aliphatic heterocycles. The van der Waals surface area contributed by atoms with Crippen LogP contribution >= 0.6 is 0 Å². The molecule has 1 rings (SSSR count). The van der Waals surface area contributed by atoms with Crippen molar-refractivity contribution in [3.63, 3.8) is 0 Å². The topological polar surface area (TPSA) is 40.5 Å². The number of ketones is 1. The molecule has 0 radical (unpaired) electrons. The second-order valence-corrected chi connectivity index (χ2v) is 5.56. The third-order valence-electron chi connectivity index (χ3n) is 3.25. The summed E-state index contributed by atoms with van der Waals surface area (Å²) < 4.78 is 0. The van der Waals surface area contributed by atoms with Crippen LogP contribution in [-0.4, -0.2) is 41.0 Å². The van der Waals surface area contributed by atoms with E-state index in [0.29, 0.717) is 18.9 Å². The number of carbonyl (C=O) groups is 1. The zero-order chi connectivity index (χ0) is 12.2. The van der Waals surface area contributed by atoms with E-state index in [-0.39, 0.29) is 5.92 Å². The van der Waals surface area contributed by atoms with Crippen molar-refractivity contribution in [3.8, 4) is 0 Å². The fraction of sp³-hybridized carbons (Fsp3) is 0.923. The first kappa shape index (κ1) is 13.7. The molecular formula is C13H25NO2. The molecule has 0 spiro atoms. The first-order valence-electron chi connectivity index (χ1n) is 6.40. The Balaban J connectivity index is 2.40. The lowest BCUT2D eigenvalue weighted by Gasteiger charge is -2.28. The summed E-state index contributed by atoms with van der Waals surface area (Å²) in [5.74, 6) is 0.652. The van der Waals surface area contributed by atoms with Crippen molar-refractivity contribution < 1.29 is 9.90 Å². The fourth-order valence-electron chi connectivity index (χ4n) is 2.42.